The van der Waals surface area contributed by atoms with Crippen LogP contribution in [0.1, 0.15) is 0 Å². The average molecular weight is 305 g/mol. The summed E-state index contributed by atoms with van der Waals surface area (Å²) in [5.41, 5.74) is 0. The lowest BCUT2D eigenvalue weighted by atomic mass is 10.3. The highest BCUT2D eigenvalue weighted by Gasteiger charge is 2.23. The molecule has 1 aromatic heterocycles. The number of hydrogen-bond donors (Lipinski definition) is 0. The van der Waals surface area contributed by atoms with E-state index in [4.69, 9.17) is 4.74 Å². The Morgan fingerprint density at radius 3 is 3.12 bits per heavy atom. The molecule has 1 saturated heterocycles. The number of likely N-dealkylation sites (N-methyl/N-ethyl adjacent to an activating group) is 1. The quantitative estimate of drug-likeness (QED) is 0.612. The number of hydrogen-bond acceptors (Lipinski definition) is 5. The van der Waals surface area contributed by atoms with Gasteiger partial charge in [0.05, 0.1) is 30.6 Å². The molecule has 1 fully saturated rings. The fourth-order valence-corrected chi connectivity index (χ4v) is 2.25. The largest absolute Gasteiger partial charge is 0.404 e. The second-order valence-corrected chi connectivity index (χ2v) is 4.89. The van der Waals surface area contributed by atoms with Crippen LogP contribution in [0.2, 0.25) is 0 Å². The number of nitrogens with zero attached hydrogens (tertiary/aromatic N) is 4. The first-order valence-electron chi connectivity index (χ1n) is 5.23. The van der Waals surface area contributed by atoms with Crippen LogP contribution in [0.15, 0.2) is 10.7 Å². The molecule has 17 heavy (non-hydrogen) atoms. The predicted octanol–water partition coefficient (Wildman–Crippen LogP) is 0.884. The molecule has 2 heterocycles. The van der Waals surface area contributed by atoms with E-state index in [1.54, 1.807) is 10.9 Å². The van der Waals surface area contributed by atoms with Crippen molar-refractivity contribution >= 4 is 21.7 Å². The molecule has 1 aliphatic rings. The predicted molar refractivity (Wildman–Crippen MR) is 63.8 cm³/mol. The van der Waals surface area contributed by atoms with Crippen LogP contribution in [0.4, 0.5) is 5.82 Å². The Hall–Kier alpha value is -0.990. The molecule has 0 aromatic carbocycles. The molecule has 1 aliphatic heterocycles. The number of nitro groups is 1. The van der Waals surface area contributed by atoms with Crippen molar-refractivity contribution in [2.24, 2.45) is 0 Å². The van der Waals surface area contributed by atoms with Gasteiger partial charge in [0.1, 0.15) is 4.47 Å². The van der Waals surface area contributed by atoms with Crippen LogP contribution in [0, 0.1) is 10.1 Å². The zero-order valence-corrected chi connectivity index (χ0v) is 11.0. The van der Waals surface area contributed by atoms with Crippen LogP contribution in [0.5, 0.6) is 0 Å². The molecule has 1 unspecified atom stereocenters. The Kier molecular flexibility index (Phi) is 3.75. The zero-order valence-electron chi connectivity index (χ0n) is 9.37. The monoisotopic (exact) mass is 304 g/mol. The van der Waals surface area contributed by atoms with Gasteiger partial charge >= 0.3 is 5.82 Å². The van der Waals surface area contributed by atoms with Crippen molar-refractivity contribution in [1.29, 1.82) is 0 Å². The Balaban J connectivity index is 2.03. The number of rotatable bonds is 3. The maximum absolute atomic E-state index is 10.6. The fourth-order valence-electron chi connectivity index (χ4n) is 1.79. The molecule has 2 rings (SSSR count). The summed E-state index contributed by atoms with van der Waals surface area (Å²) in [6.45, 7) is 2.94. The topological polar surface area (TPSA) is 73.4 Å². The fraction of sp³-hybridized carbons (Fsp3) is 0.667. The van der Waals surface area contributed by atoms with Gasteiger partial charge in [-0.2, -0.15) is 4.68 Å². The molecule has 0 N–H and O–H groups in total. The van der Waals surface area contributed by atoms with Crippen LogP contribution in [-0.2, 0) is 11.3 Å². The van der Waals surface area contributed by atoms with Crippen molar-refractivity contribution in [3.05, 3.63) is 20.8 Å². The summed E-state index contributed by atoms with van der Waals surface area (Å²) in [5, 5.41) is 14.5. The summed E-state index contributed by atoms with van der Waals surface area (Å²) in [6, 6.07) is 0. The number of morpholine rings is 1. The van der Waals surface area contributed by atoms with Crippen molar-refractivity contribution in [1.82, 2.24) is 14.7 Å². The minimum atomic E-state index is -0.506. The van der Waals surface area contributed by atoms with E-state index >= 15 is 0 Å². The SMILES string of the molecule is CN1CCOC(Cn2cc(Br)c([N+](=O)[O-])n2)C1. The minimum absolute atomic E-state index is 0.0279. The first-order chi connectivity index (χ1) is 8.06. The molecule has 94 valence electrons. The lowest BCUT2D eigenvalue weighted by molar-refractivity contribution is -0.390. The third-order valence-electron chi connectivity index (χ3n) is 2.60. The zero-order chi connectivity index (χ0) is 12.4. The van der Waals surface area contributed by atoms with E-state index in [1.807, 2.05) is 7.05 Å². The van der Waals surface area contributed by atoms with Gasteiger partial charge in [-0.05, 0) is 27.9 Å². The van der Waals surface area contributed by atoms with Gasteiger partial charge in [0, 0.05) is 13.1 Å². The maximum Gasteiger partial charge on any atom is 0.404 e. The summed E-state index contributed by atoms with van der Waals surface area (Å²) in [5.74, 6) is -0.158. The van der Waals surface area contributed by atoms with Crippen LogP contribution in [0.25, 0.3) is 0 Å². The number of halogens is 1. The van der Waals surface area contributed by atoms with Crippen LogP contribution >= 0.6 is 15.9 Å². The summed E-state index contributed by atoms with van der Waals surface area (Å²) in [7, 11) is 2.02. The smallest absolute Gasteiger partial charge is 0.374 e. The van der Waals surface area contributed by atoms with Gasteiger partial charge in [-0.15, -0.1) is 0 Å². The normalized spacial score (nSPS) is 21.6. The molecule has 0 radical (unpaired) electrons. The highest BCUT2D eigenvalue weighted by atomic mass is 79.9. The number of aromatic nitrogens is 2. The van der Waals surface area contributed by atoms with E-state index in [-0.39, 0.29) is 11.9 Å². The Labute approximate surface area is 107 Å². The molecule has 0 spiro atoms. The highest BCUT2D eigenvalue weighted by Crippen LogP contribution is 2.22. The van der Waals surface area contributed by atoms with E-state index in [2.05, 4.69) is 25.9 Å². The third-order valence-corrected chi connectivity index (χ3v) is 3.16. The van der Waals surface area contributed by atoms with E-state index in [0.717, 1.165) is 13.1 Å². The molecule has 0 amide bonds. The summed E-state index contributed by atoms with van der Waals surface area (Å²) in [6.07, 6.45) is 1.64. The molecule has 0 aliphatic carbocycles. The van der Waals surface area contributed by atoms with E-state index in [1.165, 1.54) is 0 Å². The Morgan fingerprint density at radius 2 is 2.53 bits per heavy atom. The Bertz CT molecular complexity index is 422. The summed E-state index contributed by atoms with van der Waals surface area (Å²) >= 11 is 3.12. The molecule has 0 bridgehead atoms. The second kappa shape index (κ2) is 5.11. The molecule has 8 heteroatoms. The Morgan fingerprint density at radius 1 is 1.76 bits per heavy atom. The van der Waals surface area contributed by atoms with Gasteiger partial charge in [-0.3, -0.25) is 0 Å². The van der Waals surface area contributed by atoms with E-state index < -0.39 is 4.92 Å². The van der Waals surface area contributed by atoms with Gasteiger partial charge in [0.25, 0.3) is 0 Å². The van der Waals surface area contributed by atoms with Gasteiger partial charge in [0.15, 0.2) is 0 Å². The van der Waals surface area contributed by atoms with Crippen molar-refractivity contribution in [3.8, 4) is 0 Å². The van der Waals surface area contributed by atoms with E-state index in [0.29, 0.717) is 17.6 Å². The van der Waals surface area contributed by atoms with Crippen LogP contribution in [-0.4, -0.2) is 52.5 Å². The summed E-state index contributed by atoms with van der Waals surface area (Å²) in [4.78, 5) is 12.3. The average Bonchev–Trinajstić information content (AvgIpc) is 2.59. The molecular weight excluding hydrogens is 292 g/mol. The first-order valence-corrected chi connectivity index (χ1v) is 6.03. The van der Waals surface area contributed by atoms with Crippen molar-refractivity contribution in [3.63, 3.8) is 0 Å². The van der Waals surface area contributed by atoms with Crippen molar-refractivity contribution < 1.29 is 9.66 Å². The first kappa shape index (κ1) is 12.5. The van der Waals surface area contributed by atoms with Crippen LogP contribution in [0.3, 0.4) is 0 Å². The molecule has 1 aromatic rings. The van der Waals surface area contributed by atoms with Crippen LogP contribution < -0.4 is 0 Å². The second-order valence-electron chi connectivity index (χ2n) is 4.03. The van der Waals surface area contributed by atoms with Crippen molar-refractivity contribution in [2.75, 3.05) is 26.7 Å². The number of ether oxygens (including phenoxy) is 1. The molecule has 0 saturated carbocycles. The lowest BCUT2D eigenvalue weighted by Gasteiger charge is -2.29. The molecular formula is C9H13BrN4O3. The minimum Gasteiger partial charge on any atom is -0.374 e. The summed E-state index contributed by atoms with van der Waals surface area (Å²) < 4.78 is 7.52. The van der Waals surface area contributed by atoms with E-state index in [9.17, 15) is 10.1 Å². The highest BCUT2D eigenvalue weighted by molar-refractivity contribution is 9.10. The molecule has 1 atom stereocenters. The van der Waals surface area contributed by atoms with Gasteiger partial charge in [0.2, 0.25) is 0 Å². The van der Waals surface area contributed by atoms with Gasteiger partial charge in [-0.25, -0.2) is 0 Å². The standard InChI is InChI=1S/C9H13BrN4O3/c1-12-2-3-17-7(4-12)5-13-6-8(10)9(11-13)14(15)16/h6-7H,2-5H2,1H3. The molecule has 7 nitrogen and oxygen atoms in total. The maximum atomic E-state index is 10.6. The van der Waals surface area contributed by atoms with Gasteiger partial charge in [-0.1, -0.05) is 0 Å². The van der Waals surface area contributed by atoms with Crippen molar-refractivity contribution in [2.45, 2.75) is 12.6 Å². The third kappa shape index (κ3) is 3.02. The van der Waals surface area contributed by atoms with Gasteiger partial charge < -0.3 is 19.8 Å². The lowest BCUT2D eigenvalue weighted by Crippen LogP contribution is -2.42.